The monoisotopic (exact) mass is 306 g/mol. The van der Waals surface area contributed by atoms with Crippen LogP contribution in [0, 0.1) is 0 Å². The molecule has 0 radical (unpaired) electrons. The number of aromatic amines is 1. The minimum Gasteiger partial charge on any atom is -0.335 e. The van der Waals surface area contributed by atoms with Crippen LogP contribution >= 0.6 is 11.6 Å². The first-order valence-corrected chi connectivity index (χ1v) is 7.08. The van der Waals surface area contributed by atoms with Gasteiger partial charge in [0.05, 0.1) is 0 Å². The molecule has 0 unspecified atom stereocenters. The molecule has 112 valence electrons. The van der Waals surface area contributed by atoms with E-state index in [-0.39, 0.29) is 17.1 Å². The number of H-pyrrole nitrogens is 1. The van der Waals surface area contributed by atoms with E-state index < -0.39 is 0 Å². The van der Waals surface area contributed by atoms with E-state index in [4.69, 9.17) is 11.6 Å². The van der Waals surface area contributed by atoms with Crippen LogP contribution in [0.1, 0.15) is 42.8 Å². The molecule has 5 nitrogen and oxygen atoms in total. The van der Waals surface area contributed by atoms with Gasteiger partial charge < -0.3 is 4.90 Å². The van der Waals surface area contributed by atoms with Gasteiger partial charge in [0.15, 0.2) is 0 Å². The maximum atomic E-state index is 12.3. The van der Waals surface area contributed by atoms with Crippen LogP contribution < -0.4 is 0 Å². The zero-order valence-electron chi connectivity index (χ0n) is 12.6. The van der Waals surface area contributed by atoms with E-state index in [1.165, 1.54) is 0 Å². The van der Waals surface area contributed by atoms with Crippen LogP contribution in [0.15, 0.2) is 24.3 Å². The molecule has 2 aromatic rings. The number of carbonyl (C=O) groups excluding carboxylic acids is 1. The zero-order valence-corrected chi connectivity index (χ0v) is 13.4. The molecule has 1 aromatic heterocycles. The maximum absolute atomic E-state index is 12.3. The summed E-state index contributed by atoms with van der Waals surface area (Å²) in [7, 11) is 1.72. The Balaban J connectivity index is 2.11. The van der Waals surface area contributed by atoms with Crippen molar-refractivity contribution in [3.8, 4) is 0 Å². The smallest absolute Gasteiger partial charge is 0.293 e. The Morgan fingerprint density at radius 3 is 2.67 bits per heavy atom. The number of nitrogens with one attached hydrogen (secondary N) is 1. The minimum atomic E-state index is -0.221. The summed E-state index contributed by atoms with van der Waals surface area (Å²) in [4.78, 5) is 18.2. The Bertz CT molecular complexity index is 645. The first-order chi connectivity index (χ1) is 9.77. The van der Waals surface area contributed by atoms with E-state index in [0.29, 0.717) is 17.4 Å². The summed E-state index contributed by atoms with van der Waals surface area (Å²) in [5.74, 6) is 0.660. The fraction of sp³-hybridized carbons (Fsp3) is 0.400. The largest absolute Gasteiger partial charge is 0.335 e. The molecular weight excluding hydrogens is 288 g/mol. The van der Waals surface area contributed by atoms with Crippen LogP contribution in [-0.2, 0) is 12.0 Å². The van der Waals surface area contributed by atoms with Gasteiger partial charge in [-0.25, -0.2) is 4.98 Å². The molecule has 0 bridgehead atoms. The number of halogens is 1. The predicted molar refractivity (Wildman–Crippen MR) is 82.3 cm³/mol. The standard InChI is InChI=1S/C15H19ClN4O/c1-15(2,3)14-17-12(18-19-14)13(21)20(4)9-10-6-5-7-11(16)8-10/h5-8H,9H2,1-4H3,(H,17,18,19). The number of amides is 1. The Morgan fingerprint density at radius 1 is 1.38 bits per heavy atom. The summed E-state index contributed by atoms with van der Waals surface area (Å²) in [5.41, 5.74) is 0.793. The van der Waals surface area contributed by atoms with Crippen molar-refractivity contribution in [3.63, 3.8) is 0 Å². The van der Waals surface area contributed by atoms with Gasteiger partial charge in [0.1, 0.15) is 5.82 Å². The van der Waals surface area contributed by atoms with Crippen molar-refractivity contribution in [3.05, 3.63) is 46.5 Å². The lowest BCUT2D eigenvalue weighted by Crippen LogP contribution is -2.27. The van der Waals surface area contributed by atoms with Crippen LogP contribution in [0.5, 0.6) is 0 Å². The van der Waals surface area contributed by atoms with Crippen molar-refractivity contribution in [2.45, 2.75) is 32.7 Å². The topological polar surface area (TPSA) is 61.9 Å². The van der Waals surface area contributed by atoms with Crippen LogP contribution in [0.25, 0.3) is 0 Å². The second-order valence-corrected chi connectivity index (χ2v) is 6.49. The Kier molecular flexibility index (Phi) is 4.32. The number of aromatic nitrogens is 3. The van der Waals surface area contributed by atoms with Crippen molar-refractivity contribution in [1.29, 1.82) is 0 Å². The molecular formula is C15H19ClN4O. The molecule has 0 aliphatic heterocycles. The number of hydrogen-bond donors (Lipinski definition) is 1. The summed E-state index contributed by atoms with van der Waals surface area (Å²) in [5, 5.41) is 7.49. The minimum absolute atomic E-state index is 0.170. The molecule has 0 aliphatic rings. The highest BCUT2D eigenvalue weighted by atomic mass is 35.5. The normalized spacial score (nSPS) is 11.5. The summed E-state index contributed by atoms with van der Waals surface area (Å²) < 4.78 is 0. The van der Waals surface area contributed by atoms with Crippen LogP contribution in [0.3, 0.4) is 0 Å². The first kappa shape index (κ1) is 15.5. The fourth-order valence-electron chi connectivity index (χ4n) is 1.84. The number of carbonyl (C=O) groups is 1. The summed E-state index contributed by atoms with van der Waals surface area (Å²) in [6.45, 7) is 6.49. The third-order valence-electron chi connectivity index (χ3n) is 3.04. The average Bonchev–Trinajstić information content (AvgIpc) is 2.87. The third-order valence-corrected chi connectivity index (χ3v) is 3.28. The van der Waals surface area contributed by atoms with E-state index in [1.807, 2.05) is 39.0 Å². The number of benzene rings is 1. The van der Waals surface area contributed by atoms with Gasteiger partial charge in [0, 0.05) is 24.0 Å². The van der Waals surface area contributed by atoms with E-state index in [1.54, 1.807) is 18.0 Å². The second-order valence-electron chi connectivity index (χ2n) is 6.05. The first-order valence-electron chi connectivity index (χ1n) is 6.70. The molecule has 1 N–H and O–H groups in total. The zero-order chi connectivity index (χ0) is 15.6. The van der Waals surface area contributed by atoms with E-state index in [9.17, 15) is 4.79 Å². The molecule has 0 saturated carbocycles. The molecule has 0 saturated heterocycles. The molecule has 0 aliphatic carbocycles. The number of hydrogen-bond acceptors (Lipinski definition) is 3. The predicted octanol–water partition coefficient (Wildman–Crippen LogP) is 3.03. The van der Waals surface area contributed by atoms with Gasteiger partial charge in [-0.15, -0.1) is 5.10 Å². The lowest BCUT2D eigenvalue weighted by Gasteiger charge is -2.16. The Labute approximate surface area is 129 Å². The van der Waals surface area contributed by atoms with Gasteiger partial charge in [-0.2, -0.15) is 0 Å². The summed E-state index contributed by atoms with van der Waals surface area (Å²) >= 11 is 5.95. The van der Waals surface area contributed by atoms with Gasteiger partial charge in [-0.3, -0.25) is 9.89 Å². The lowest BCUT2D eigenvalue weighted by molar-refractivity contribution is 0.0773. The molecule has 1 amide bonds. The fourth-order valence-corrected chi connectivity index (χ4v) is 2.06. The quantitative estimate of drug-likeness (QED) is 0.948. The lowest BCUT2D eigenvalue weighted by atomic mass is 9.96. The van der Waals surface area contributed by atoms with Crippen molar-refractivity contribution in [1.82, 2.24) is 20.1 Å². The molecule has 21 heavy (non-hydrogen) atoms. The van der Waals surface area contributed by atoms with Gasteiger partial charge in [-0.05, 0) is 17.7 Å². The molecule has 0 atom stereocenters. The molecule has 0 spiro atoms. The third kappa shape index (κ3) is 3.82. The van der Waals surface area contributed by atoms with Gasteiger partial charge in [0.2, 0.25) is 5.82 Å². The average molecular weight is 307 g/mol. The highest BCUT2D eigenvalue weighted by Gasteiger charge is 2.23. The van der Waals surface area contributed by atoms with Crippen molar-refractivity contribution in [2.24, 2.45) is 0 Å². The number of rotatable bonds is 3. The van der Waals surface area contributed by atoms with Crippen molar-refractivity contribution in [2.75, 3.05) is 7.05 Å². The van der Waals surface area contributed by atoms with Crippen molar-refractivity contribution < 1.29 is 4.79 Å². The number of nitrogens with zero attached hydrogens (tertiary/aromatic N) is 3. The molecule has 6 heteroatoms. The van der Waals surface area contributed by atoms with Crippen LogP contribution in [0.2, 0.25) is 5.02 Å². The summed E-state index contributed by atoms with van der Waals surface area (Å²) in [6.07, 6.45) is 0. The van der Waals surface area contributed by atoms with Gasteiger partial charge >= 0.3 is 0 Å². The summed E-state index contributed by atoms with van der Waals surface area (Å²) in [6, 6.07) is 7.43. The second kappa shape index (κ2) is 5.85. The molecule has 1 aromatic carbocycles. The Hall–Kier alpha value is -1.88. The van der Waals surface area contributed by atoms with Gasteiger partial charge in [-0.1, -0.05) is 44.5 Å². The molecule has 2 rings (SSSR count). The maximum Gasteiger partial charge on any atom is 0.293 e. The molecule has 0 fully saturated rings. The Morgan fingerprint density at radius 2 is 2.10 bits per heavy atom. The SMILES string of the molecule is CN(Cc1cccc(Cl)c1)C(=O)c1n[nH]c(C(C)(C)C)n1. The van der Waals surface area contributed by atoms with E-state index in [2.05, 4.69) is 15.2 Å². The van der Waals surface area contributed by atoms with Crippen LogP contribution in [0.4, 0.5) is 0 Å². The van der Waals surface area contributed by atoms with E-state index in [0.717, 1.165) is 5.56 Å². The molecule has 1 heterocycles. The highest BCUT2D eigenvalue weighted by molar-refractivity contribution is 6.30. The van der Waals surface area contributed by atoms with Crippen molar-refractivity contribution >= 4 is 17.5 Å². The van der Waals surface area contributed by atoms with Gasteiger partial charge in [0.25, 0.3) is 5.91 Å². The van der Waals surface area contributed by atoms with Crippen LogP contribution in [-0.4, -0.2) is 33.0 Å². The highest BCUT2D eigenvalue weighted by Crippen LogP contribution is 2.18. The van der Waals surface area contributed by atoms with E-state index >= 15 is 0 Å².